The molecule has 0 aliphatic heterocycles. The summed E-state index contributed by atoms with van der Waals surface area (Å²) >= 11 is 4.97. The van der Waals surface area contributed by atoms with E-state index in [4.69, 9.17) is 32.2 Å². The molecular weight excluding hydrogens is 298 g/mol. The SMILES string of the molecule is COc1ccc(C(N)=S)cc1OCCOc1cccc(C)c1. The average Bonchev–Trinajstić information content (AvgIpc) is 2.51. The first kappa shape index (κ1) is 16.1. The predicted molar refractivity (Wildman–Crippen MR) is 91.1 cm³/mol. The van der Waals surface area contributed by atoms with Crippen LogP contribution in [0.15, 0.2) is 42.5 Å². The summed E-state index contributed by atoms with van der Waals surface area (Å²) in [6, 6.07) is 13.2. The molecule has 0 bridgehead atoms. The zero-order valence-corrected chi connectivity index (χ0v) is 13.5. The molecule has 0 amide bonds. The Kier molecular flexibility index (Phi) is 5.61. The second-order valence-electron chi connectivity index (χ2n) is 4.74. The summed E-state index contributed by atoms with van der Waals surface area (Å²) in [7, 11) is 1.59. The van der Waals surface area contributed by atoms with Crippen molar-refractivity contribution in [3.8, 4) is 17.2 Å². The number of rotatable bonds is 7. The van der Waals surface area contributed by atoms with Gasteiger partial charge in [-0.3, -0.25) is 0 Å². The Balaban J connectivity index is 1.93. The van der Waals surface area contributed by atoms with Gasteiger partial charge in [0, 0.05) is 5.56 Å². The highest BCUT2D eigenvalue weighted by atomic mass is 32.1. The molecule has 0 spiro atoms. The summed E-state index contributed by atoms with van der Waals surface area (Å²) in [5.41, 5.74) is 7.53. The highest BCUT2D eigenvalue weighted by Crippen LogP contribution is 2.28. The minimum absolute atomic E-state index is 0.323. The van der Waals surface area contributed by atoms with E-state index in [0.717, 1.165) is 16.9 Å². The molecule has 2 N–H and O–H groups in total. The van der Waals surface area contributed by atoms with Crippen molar-refractivity contribution in [3.63, 3.8) is 0 Å². The van der Waals surface area contributed by atoms with Gasteiger partial charge >= 0.3 is 0 Å². The third-order valence-electron chi connectivity index (χ3n) is 3.05. The first-order chi connectivity index (χ1) is 10.6. The van der Waals surface area contributed by atoms with Crippen LogP contribution in [0.4, 0.5) is 0 Å². The van der Waals surface area contributed by atoms with Gasteiger partial charge in [-0.1, -0.05) is 24.4 Å². The van der Waals surface area contributed by atoms with E-state index in [0.29, 0.717) is 29.7 Å². The van der Waals surface area contributed by atoms with Crippen LogP contribution >= 0.6 is 12.2 Å². The maximum absolute atomic E-state index is 5.71. The summed E-state index contributed by atoms with van der Waals surface area (Å²) in [4.78, 5) is 0.323. The number of aryl methyl sites for hydroxylation is 1. The summed E-state index contributed by atoms with van der Waals surface area (Å²) in [6.07, 6.45) is 0. The lowest BCUT2D eigenvalue weighted by molar-refractivity contribution is 0.211. The topological polar surface area (TPSA) is 53.7 Å². The lowest BCUT2D eigenvalue weighted by Gasteiger charge is -2.12. The van der Waals surface area contributed by atoms with Crippen LogP contribution in [0, 0.1) is 6.92 Å². The van der Waals surface area contributed by atoms with E-state index >= 15 is 0 Å². The quantitative estimate of drug-likeness (QED) is 0.628. The van der Waals surface area contributed by atoms with Crippen LogP contribution in [0.3, 0.4) is 0 Å². The summed E-state index contributed by atoms with van der Waals surface area (Å²) < 4.78 is 16.6. The van der Waals surface area contributed by atoms with Gasteiger partial charge in [-0.2, -0.15) is 0 Å². The van der Waals surface area contributed by atoms with Gasteiger partial charge in [0.15, 0.2) is 11.5 Å². The molecule has 0 unspecified atom stereocenters. The summed E-state index contributed by atoms with van der Waals surface area (Å²) in [5.74, 6) is 2.06. The van der Waals surface area contributed by atoms with Crippen LogP contribution < -0.4 is 19.9 Å². The lowest BCUT2D eigenvalue weighted by Crippen LogP contribution is -2.12. The van der Waals surface area contributed by atoms with Crippen LogP contribution in [0.25, 0.3) is 0 Å². The molecule has 2 aromatic carbocycles. The zero-order valence-electron chi connectivity index (χ0n) is 12.7. The number of benzene rings is 2. The lowest BCUT2D eigenvalue weighted by atomic mass is 10.2. The minimum atomic E-state index is 0.323. The van der Waals surface area contributed by atoms with Crippen molar-refractivity contribution >= 4 is 17.2 Å². The molecule has 0 fully saturated rings. The van der Waals surface area contributed by atoms with Crippen molar-refractivity contribution in [2.75, 3.05) is 20.3 Å². The van der Waals surface area contributed by atoms with E-state index < -0.39 is 0 Å². The molecule has 0 saturated heterocycles. The van der Waals surface area contributed by atoms with Crippen molar-refractivity contribution in [2.45, 2.75) is 6.92 Å². The minimum Gasteiger partial charge on any atom is -0.493 e. The summed E-state index contributed by atoms with van der Waals surface area (Å²) in [6.45, 7) is 2.85. The van der Waals surface area contributed by atoms with Crippen molar-refractivity contribution in [1.29, 1.82) is 0 Å². The Morgan fingerprint density at radius 1 is 1.05 bits per heavy atom. The first-order valence-corrected chi connectivity index (χ1v) is 7.31. The number of hydrogen-bond donors (Lipinski definition) is 1. The molecule has 0 heterocycles. The molecule has 2 aromatic rings. The Hall–Kier alpha value is -2.27. The fourth-order valence-corrected chi connectivity index (χ4v) is 2.09. The normalized spacial score (nSPS) is 10.1. The third kappa shape index (κ3) is 4.36. The van der Waals surface area contributed by atoms with Gasteiger partial charge in [-0.05, 0) is 42.8 Å². The van der Waals surface area contributed by atoms with E-state index in [1.807, 2.05) is 31.2 Å². The smallest absolute Gasteiger partial charge is 0.162 e. The van der Waals surface area contributed by atoms with Crippen LogP contribution in [0.2, 0.25) is 0 Å². The van der Waals surface area contributed by atoms with Crippen molar-refractivity contribution in [3.05, 3.63) is 53.6 Å². The third-order valence-corrected chi connectivity index (χ3v) is 3.28. The number of nitrogens with two attached hydrogens (primary N) is 1. The fraction of sp³-hybridized carbons (Fsp3) is 0.235. The van der Waals surface area contributed by atoms with Gasteiger partial charge in [0.25, 0.3) is 0 Å². The maximum Gasteiger partial charge on any atom is 0.162 e. The monoisotopic (exact) mass is 317 g/mol. The molecule has 0 aliphatic rings. The summed E-state index contributed by atoms with van der Waals surface area (Å²) in [5, 5.41) is 0. The van der Waals surface area contributed by atoms with Gasteiger partial charge in [0.05, 0.1) is 7.11 Å². The Morgan fingerprint density at radius 2 is 1.82 bits per heavy atom. The molecule has 0 aromatic heterocycles. The second-order valence-corrected chi connectivity index (χ2v) is 5.18. The average molecular weight is 317 g/mol. The van der Waals surface area contributed by atoms with Gasteiger partial charge in [-0.15, -0.1) is 0 Å². The van der Waals surface area contributed by atoms with Crippen molar-refractivity contribution in [1.82, 2.24) is 0 Å². The molecule has 2 rings (SSSR count). The Bertz CT molecular complexity index is 658. The Morgan fingerprint density at radius 3 is 2.50 bits per heavy atom. The molecule has 22 heavy (non-hydrogen) atoms. The van der Waals surface area contributed by atoms with Crippen LogP contribution in [-0.4, -0.2) is 25.3 Å². The zero-order chi connectivity index (χ0) is 15.9. The molecule has 0 aliphatic carbocycles. The van der Waals surface area contributed by atoms with E-state index in [-0.39, 0.29) is 0 Å². The Labute approximate surface area is 135 Å². The van der Waals surface area contributed by atoms with Gasteiger partial charge in [0.2, 0.25) is 0 Å². The molecular formula is C17H19NO3S. The van der Waals surface area contributed by atoms with E-state index in [9.17, 15) is 0 Å². The molecule has 0 radical (unpaired) electrons. The molecule has 0 saturated carbocycles. The van der Waals surface area contributed by atoms with E-state index in [1.54, 1.807) is 25.3 Å². The molecule has 4 nitrogen and oxygen atoms in total. The largest absolute Gasteiger partial charge is 0.493 e. The number of ether oxygens (including phenoxy) is 3. The van der Waals surface area contributed by atoms with Gasteiger partial charge in [-0.25, -0.2) is 0 Å². The van der Waals surface area contributed by atoms with Crippen molar-refractivity contribution in [2.24, 2.45) is 5.73 Å². The number of hydrogen-bond acceptors (Lipinski definition) is 4. The number of methoxy groups -OCH3 is 1. The fourth-order valence-electron chi connectivity index (χ4n) is 1.96. The van der Waals surface area contributed by atoms with Crippen LogP contribution in [0.1, 0.15) is 11.1 Å². The molecule has 0 atom stereocenters. The van der Waals surface area contributed by atoms with Crippen LogP contribution in [-0.2, 0) is 0 Å². The van der Waals surface area contributed by atoms with Crippen molar-refractivity contribution < 1.29 is 14.2 Å². The molecule has 5 heteroatoms. The van der Waals surface area contributed by atoms with Gasteiger partial charge < -0.3 is 19.9 Å². The van der Waals surface area contributed by atoms with Gasteiger partial charge in [0.1, 0.15) is 24.0 Å². The van der Waals surface area contributed by atoms with E-state index in [1.165, 1.54) is 0 Å². The second kappa shape index (κ2) is 7.66. The highest BCUT2D eigenvalue weighted by Gasteiger charge is 2.07. The number of thiocarbonyl (C=S) groups is 1. The predicted octanol–water partition coefficient (Wildman–Crippen LogP) is 3.10. The van der Waals surface area contributed by atoms with E-state index in [2.05, 4.69) is 0 Å². The van der Waals surface area contributed by atoms with Crippen LogP contribution in [0.5, 0.6) is 17.2 Å². The standard InChI is InChI=1S/C17H19NO3S/c1-12-4-3-5-14(10-12)20-8-9-21-16-11-13(17(18)22)6-7-15(16)19-2/h3-7,10-11H,8-9H2,1-2H3,(H2,18,22). The highest BCUT2D eigenvalue weighted by molar-refractivity contribution is 7.80. The maximum atomic E-state index is 5.71. The first-order valence-electron chi connectivity index (χ1n) is 6.90. The molecule has 116 valence electrons.